The zero-order valence-corrected chi connectivity index (χ0v) is 13.8. The second-order valence-corrected chi connectivity index (χ2v) is 6.32. The number of benzene rings is 1. The Balaban J connectivity index is 2.17. The van der Waals surface area contributed by atoms with E-state index in [1.165, 1.54) is 22.4 Å². The number of pyridine rings is 1. The Morgan fingerprint density at radius 2 is 1.76 bits per heavy atom. The van der Waals surface area contributed by atoms with Gasteiger partial charge in [0.15, 0.2) is 0 Å². The molecule has 0 aliphatic rings. The fourth-order valence-corrected chi connectivity index (χ4v) is 2.38. The highest BCUT2D eigenvalue weighted by Crippen LogP contribution is 2.28. The van der Waals surface area contributed by atoms with Crippen molar-refractivity contribution >= 4 is 5.69 Å². The van der Waals surface area contributed by atoms with E-state index in [9.17, 15) is 0 Å². The van der Waals surface area contributed by atoms with E-state index in [0.717, 1.165) is 12.2 Å². The second-order valence-electron chi connectivity index (χ2n) is 6.32. The van der Waals surface area contributed by atoms with E-state index in [0.29, 0.717) is 11.8 Å². The van der Waals surface area contributed by atoms with Gasteiger partial charge in [-0.15, -0.1) is 0 Å². The van der Waals surface area contributed by atoms with Gasteiger partial charge in [-0.3, -0.25) is 4.98 Å². The van der Waals surface area contributed by atoms with E-state index in [4.69, 9.17) is 0 Å². The van der Waals surface area contributed by atoms with Crippen molar-refractivity contribution in [1.29, 1.82) is 0 Å². The molecule has 0 radical (unpaired) electrons. The molecule has 0 saturated heterocycles. The minimum atomic E-state index is 0.516. The van der Waals surface area contributed by atoms with Crippen LogP contribution in [0.3, 0.4) is 0 Å². The average molecular weight is 282 g/mol. The Morgan fingerprint density at radius 3 is 2.33 bits per heavy atom. The molecule has 0 bridgehead atoms. The first-order valence-corrected chi connectivity index (χ1v) is 7.76. The van der Waals surface area contributed by atoms with Crippen molar-refractivity contribution in [3.63, 3.8) is 0 Å². The van der Waals surface area contributed by atoms with Crippen LogP contribution in [0.5, 0.6) is 0 Å². The maximum Gasteiger partial charge on any atom is 0.0416 e. The standard InChI is InChI=1S/C19H26N2/c1-13(2)17-8-9-19(18(10-17)14(3)4)21-12-16-7-6-15(5)20-11-16/h6-11,13-14,21H,12H2,1-5H3. The number of anilines is 1. The van der Waals surface area contributed by atoms with Gasteiger partial charge in [0.25, 0.3) is 0 Å². The number of nitrogens with one attached hydrogen (secondary N) is 1. The molecule has 1 N–H and O–H groups in total. The van der Waals surface area contributed by atoms with Crippen molar-refractivity contribution in [3.8, 4) is 0 Å². The van der Waals surface area contributed by atoms with Crippen molar-refractivity contribution in [2.24, 2.45) is 0 Å². The van der Waals surface area contributed by atoms with Crippen LogP contribution in [0.25, 0.3) is 0 Å². The van der Waals surface area contributed by atoms with E-state index >= 15 is 0 Å². The Bertz CT molecular complexity index is 583. The van der Waals surface area contributed by atoms with Gasteiger partial charge in [0.1, 0.15) is 0 Å². The van der Waals surface area contributed by atoms with E-state index in [1.54, 1.807) is 0 Å². The molecule has 0 aliphatic heterocycles. The molecule has 2 nitrogen and oxygen atoms in total. The van der Waals surface area contributed by atoms with Crippen molar-refractivity contribution in [3.05, 3.63) is 58.9 Å². The number of hydrogen-bond donors (Lipinski definition) is 1. The van der Waals surface area contributed by atoms with Crippen molar-refractivity contribution in [2.45, 2.75) is 53.0 Å². The van der Waals surface area contributed by atoms with Crippen LogP contribution in [-0.2, 0) is 6.54 Å². The van der Waals surface area contributed by atoms with Gasteiger partial charge in [0.05, 0.1) is 0 Å². The molecular weight excluding hydrogens is 256 g/mol. The highest BCUT2D eigenvalue weighted by molar-refractivity contribution is 5.54. The summed E-state index contributed by atoms with van der Waals surface area (Å²) in [6, 6.07) is 11.0. The number of aromatic nitrogens is 1. The lowest BCUT2D eigenvalue weighted by Crippen LogP contribution is -2.05. The largest absolute Gasteiger partial charge is 0.381 e. The predicted octanol–water partition coefficient (Wildman–Crippen LogP) is 5.25. The molecule has 1 aromatic heterocycles. The SMILES string of the molecule is Cc1ccc(CNc2ccc(C(C)C)cc2C(C)C)cn1. The molecule has 0 unspecified atom stereocenters. The number of hydrogen-bond acceptors (Lipinski definition) is 2. The number of aryl methyl sites for hydroxylation is 1. The van der Waals surface area contributed by atoms with Gasteiger partial charge in [0.2, 0.25) is 0 Å². The van der Waals surface area contributed by atoms with E-state index in [1.807, 2.05) is 13.1 Å². The first kappa shape index (κ1) is 15.6. The third-order valence-corrected chi connectivity index (χ3v) is 3.82. The molecule has 0 spiro atoms. The van der Waals surface area contributed by atoms with Crippen LogP contribution >= 0.6 is 0 Å². The van der Waals surface area contributed by atoms with Crippen molar-refractivity contribution in [1.82, 2.24) is 4.98 Å². The molecule has 1 heterocycles. The monoisotopic (exact) mass is 282 g/mol. The van der Waals surface area contributed by atoms with Crippen LogP contribution in [0.2, 0.25) is 0 Å². The summed E-state index contributed by atoms with van der Waals surface area (Å²) >= 11 is 0. The molecule has 0 fully saturated rings. The molecule has 2 heteroatoms. The quantitative estimate of drug-likeness (QED) is 0.810. The lowest BCUT2D eigenvalue weighted by Gasteiger charge is -2.17. The van der Waals surface area contributed by atoms with Crippen LogP contribution < -0.4 is 5.32 Å². The molecule has 1 aromatic carbocycles. The summed E-state index contributed by atoms with van der Waals surface area (Å²) < 4.78 is 0. The molecule has 0 atom stereocenters. The van der Waals surface area contributed by atoms with Gasteiger partial charge in [-0.1, -0.05) is 45.9 Å². The summed E-state index contributed by atoms with van der Waals surface area (Å²) in [6.45, 7) is 11.8. The fourth-order valence-electron chi connectivity index (χ4n) is 2.38. The number of rotatable bonds is 5. The fraction of sp³-hybridized carbons (Fsp3) is 0.421. The smallest absolute Gasteiger partial charge is 0.0416 e. The van der Waals surface area contributed by atoms with Gasteiger partial charge in [0, 0.05) is 24.1 Å². The Hall–Kier alpha value is -1.83. The highest BCUT2D eigenvalue weighted by Gasteiger charge is 2.09. The Morgan fingerprint density at radius 1 is 1.00 bits per heavy atom. The minimum Gasteiger partial charge on any atom is -0.381 e. The molecule has 21 heavy (non-hydrogen) atoms. The Labute approximate surface area is 128 Å². The van der Waals surface area contributed by atoms with E-state index < -0.39 is 0 Å². The molecule has 0 saturated carbocycles. The first-order chi connectivity index (χ1) is 9.97. The maximum atomic E-state index is 4.35. The molecule has 0 amide bonds. The first-order valence-electron chi connectivity index (χ1n) is 7.76. The Kier molecular flexibility index (Phi) is 5.00. The molecular formula is C19H26N2. The summed E-state index contributed by atoms with van der Waals surface area (Å²) in [6.07, 6.45) is 1.94. The molecule has 112 valence electrons. The summed E-state index contributed by atoms with van der Waals surface area (Å²) in [4.78, 5) is 4.35. The molecule has 2 aromatic rings. The highest BCUT2D eigenvalue weighted by atomic mass is 14.9. The van der Waals surface area contributed by atoms with Crippen LogP contribution in [-0.4, -0.2) is 4.98 Å². The van der Waals surface area contributed by atoms with Gasteiger partial charge in [-0.05, 0) is 47.6 Å². The molecule has 0 aliphatic carbocycles. The zero-order valence-electron chi connectivity index (χ0n) is 13.8. The summed E-state index contributed by atoms with van der Waals surface area (Å²) in [7, 11) is 0. The van der Waals surface area contributed by atoms with Crippen molar-refractivity contribution < 1.29 is 0 Å². The average Bonchev–Trinajstić information content (AvgIpc) is 2.46. The maximum absolute atomic E-state index is 4.35. The predicted molar refractivity (Wildman–Crippen MR) is 90.9 cm³/mol. The van der Waals surface area contributed by atoms with Crippen LogP contribution in [0, 0.1) is 6.92 Å². The van der Waals surface area contributed by atoms with Gasteiger partial charge >= 0.3 is 0 Å². The number of nitrogens with zero attached hydrogens (tertiary/aromatic N) is 1. The topological polar surface area (TPSA) is 24.9 Å². The van der Waals surface area contributed by atoms with Gasteiger partial charge in [-0.2, -0.15) is 0 Å². The second kappa shape index (κ2) is 6.75. The van der Waals surface area contributed by atoms with Crippen LogP contribution in [0.15, 0.2) is 36.5 Å². The van der Waals surface area contributed by atoms with Crippen LogP contribution in [0.1, 0.15) is 61.9 Å². The zero-order chi connectivity index (χ0) is 15.4. The molecule has 2 rings (SSSR count). The van der Waals surface area contributed by atoms with Gasteiger partial charge < -0.3 is 5.32 Å². The van der Waals surface area contributed by atoms with E-state index in [2.05, 4.69) is 68.3 Å². The van der Waals surface area contributed by atoms with Crippen molar-refractivity contribution in [2.75, 3.05) is 5.32 Å². The lowest BCUT2D eigenvalue weighted by molar-refractivity contribution is 0.833. The van der Waals surface area contributed by atoms with Crippen LogP contribution in [0.4, 0.5) is 5.69 Å². The normalized spacial score (nSPS) is 11.2. The third-order valence-electron chi connectivity index (χ3n) is 3.82. The van der Waals surface area contributed by atoms with E-state index in [-0.39, 0.29) is 0 Å². The van der Waals surface area contributed by atoms with Gasteiger partial charge in [-0.25, -0.2) is 0 Å². The summed E-state index contributed by atoms with van der Waals surface area (Å²) in [5.41, 5.74) is 6.30. The lowest BCUT2D eigenvalue weighted by atomic mass is 9.94. The third kappa shape index (κ3) is 4.07. The summed E-state index contributed by atoms with van der Waals surface area (Å²) in [5, 5.41) is 3.56. The minimum absolute atomic E-state index is 0.516. The summed E-state index contributed by atoms with van der Waals surface area (Å²) in [5.74, 6) is 1.08.